The molecule has 0 amide bonds. The molecule has 1 heterocycles. The van der Waals surface area contributed by atoms with Gasteiger partial charge in [-0.05, 0) is 47.0 Å². The molecule has 0 bridgehead atoms. The Balaban J connectivity index is 1.83. The van der Waals surface area contributed by atoms with E-state index in [4.69, 9.17) is 4.42 Å². The number of benzene rings is 1. The summed E-state index contributed by atoms with van der Waals surface area (Å²) in [6.07, 6.45) is 2.40. The van der Waals surface area contributed by atoms with Gasteiger partial charge in [-0.25, -0.2) is 8.78 Å². The lowest BCUT2D eigenvalue weighted by Crippen LogP contribution is -2.14. The van der Waals surface area contributed by atoms with Crippen molar-refractivity contribution in [1.29, 1.82) is 0 Å². The number of nitrogens with one attached hydrogen (secondary N) is 1. The van der Waals surface area contributed by atoms with E-state index >= 15 is 0 Å². The molecule has 0 unspecified atom stereocenters. The summed E-state index contributed by atoms with van der Waals surface area (Å²) in [6.45, 7) is 0.634. The smallest absolute Gasteiger partial charge is 0.140 e. The highest BCUT2D eigenvalue weighted by Crippen LogP contribution is 2.30. The van der Waals surface area contributed by atoms with Gasteiger partial charge in [0.1, 0.15) is 23.2 Å². The van der Waals surface area contributed by atoms with Crippen LogP contribution in [-0.2, 0) is 6.54 Å². The Morgan fingerprint density at radius 1 is 1.21 bits per heavy atom. The molecule has 100 valence electrons. The SMILES string of the molecule is Fc1cc(F)c(-c2ccc(CNC3CC3)o2)cc1Br. The van der Waals surface area contributed by atoms with Crippen molar-refractivity contribution in [1.82, 2.24) is 5.32 Å². The summed E-state index contributed by atoms with van der Waals surface area (Å²) >= 11 is 3.05. The Morgan fingerprint density at radius 3 is 2.74 bits per heavy atom. The van der Waals surface area contributed by atoms with Gasteiger partial charge in [0.25, 0.3) is 0 Å². The minimum absolute atomic E-state index is 0.220. The third kappa shape index (κ3) is 2.87. The van der Waals surface area contributed by atoms with Crippen molar-refractivity contribution in [2.75, 3.05) is 0 Å². The van der Waals surface area contributed by atoms with Gasteiger partial charge in [0, 0.05) is 12.1 Å². The van der Waals surface area contributed by atoms with Crippen molar-refractivity contribution in [3.8, 4) is 11.3 Å². The third-order valence-electron chi connectivity index (χ3n) is 3.08. The maximum atomic E-state index is 13.7. The molecule has 3 rings (SSSR count). The second-order valence-corrected chi connectivity index (χ2v) is 5.52. The Labute approximate surface area is 117 Å². The molecule has 0 atom stereocenters. The highest BCUT2D eigenvalue weighted by molar-refractivity contribution is 9.10. The number of furan rings is 1. The molecule has 1 aliphatic carbocycles. The quantitative estimate of drug-likeness (QED) is 0.850. The molecule has 0 aliphatic heterocycles. The number of rotatable bonds is 4. The van der Waals surface area contributed by atoms with Gasteiger partial charge in [-0.2, -0.15) is 0 Å². The van der Waals surface area contributed by atoms with E-state index in [2.05, 4.69) is 21.2 Å². The Morgan fingerprint density at radius 2 is 2.00 bits per heavy atom. The second-order valence-electron chi connectivity index (χ2n) is 4.67. The van der Waals surface area contributed by atoms with Gasteiger partial charge in [-0.1, -0.05) is 0 Å². The lowest BCUT2D eigenvalue weighted by Gasteiger charge is -2.02. The molecule has 2 aromatic rings. The van der Waals surface area contributed by atoms with Gasteiger partial charge in [0.05, 0.1) is 16.6 Å². The molecule has 1 aromatic heterocycles. The zero-order chi connectivity index (χ0) is 13.4. The molecule has 1 aliphatic rings. The van der Waals surface area contributed by atoms with Crippen LogP contribution in [0, 0.1) is 11.6 Å². The first-order chi connectivity index (χ1) is 9.13. The van der Waals surface area contributed by atoms with E-state index in [9.17, 15) is 8.78 Å². The van der Waals surface area contributed by atoms with E-state index in [1.165, 1.54) is 18.9 Å². The van der Waals surface area contributed by atoms with Crippen molar-refractivity contribution in [2.24, 2.45) is 0 Å². The summed E-state index contributed by atoms with van der Waals surface area (Å²) in [7, 11) is 0. The minimum Gasteiger partial charge on any atom is -0.460 e. The zero-order valence-electron chi connectivity index (χ0n) is 10.1. The largest absolute Gasteiger partial charge is 0.460 e. The van der Waals surface area contributed by atoms with Crippen LogP contribution in [0.15, 0.2) is 33.2 Å². The van der Waals surface area contributed by atoms with Crippen molar-refractivity contribution in [2.45, 2.75) is 25.4 Å². The van der Waals surface area contributed by atoms with Crippen LogP contribution >= 0.6 is 15.9 Å². The van der Waals surface area contributed by atoms with E-state index in [0.29, 0.717) is 18.3 Å². The van der Waals surface area contributed by atoms with E-state index < -0.39 is 11.6 Å². The van der Waals surface area contributed by atoms with Crippen molar-refractivity contribution >= 4 is 15.9 Å². The Hall–Kier alpha value is -1.20. The van der Waals surface area contributed by atoms with E-state index in [0.717, 1.165) is 11.8 Å². The molecule has 0 radical (unpaired) electrons. The molecular formula is C14H12BrF2NO. The molecule has 1 N–H and O–H groups in total. The Bertz CT molecular complexity index is 607. The van der Waals surface area contributed by atoms with Crippen LogP contribution in [0.5, 0.6) is 0 Å². The monoisotopic (exact) mass is 327 g/mol. The van der Waals surface area contributed by atoms with Crippen molar-refractivity contribution < 1.29 is 13.2 Å². The number of hydrogen-bond donors (Lipinski definition) is 1. The lowest BCUT2D eigenvalue weighted by atomic mass is 10.1. The summed E-state index contributed by atoms with van der Waals surface area (Å²) < 4.78 is 32.7. The highest BCUT2D eigenvalue weighted by Gasteiger charge is 2.21. The maximum Gasteiger partial charge on any atom is 0.140 e. The Kier molecular flexibility index (Phi) is 3.41. The highest BCUT2D eigenvalue weighted by atomic mass is 79.9. The van der Waals surface area contributed by atoms with E-state index in [1.54, 1.807) is 12.1 Å². The molecule has 1 fully saturated rings. The predicted octanol–water partition coefficient (Wildman–Crippen LogP) is 4.24. The molecule has 19 heavy (non-hydrogen) atoms. The van der Waals surface area contributed by atoms with Crippen LogP contribution in [0.4, 0.5) is 8.78 Å². The molecule has 0 spiro atoms. The van der Waals surface area contributed by atoms with Gasteiger partial charge < -0.3 is 9.73 Å². The van der Waals surface area contributed by atoms with Gasteiger partial charge in [0.15, 0.2) is 0 Å². The summed E-state index contributed by atoms with van der Waals surface area (Å²) in [5.74, 6) is -0.0901. The normalized spacial score (nSPS) is 14.9. The average molecular weight is 328 g/mol. The molecule has 5 heteroatoms. The van der Waals surface area contributed by atoms with Gasteiger partial charge in [0.2, 0.25) is 0 Å². The molecule has 1 aromatic carbocycles. The minimum atomic E-state index is -0.628. The average Bonchev–Trinajstić information content (AvgIpc) is 3.09. The van der Waals surface area contributed by atoms with Crippen LogP contribution in [0.1, 0.15) is 18.6 Å². The zero-order valence-corrected chi connectivity index (χ0v) is 11.6. The molecule has 2 nitrogen and oxygen atoms in total. The standard InChI is InChI=1S/C14H12BrF2NO/c15-11-5-10(12(16)6-13(11)17)14-4-3-9(19-14)7-18-8-1-2-8/h3-6,8,18H,1-2,7H2. The fourth-order valence-corrected chi connectivity index (χ4v) is 2.20. The maximum absolute atomic E-state index is 13.7. The van der Waals surface area contributed by atoms with Gasteiger partial charge >= 0.3 is 0 Å². The first-order valence-corrected chi connectivity index (χ1v) is 6.90. The van der Waals surface area contributed by atoms with E-state index in [-0.39, 0.29) is 10.0 Å². The van der Waals surface area contributed by atoms with Crippen LogP contribution in [0.2, 0.25) is 0 Å². The second kappa shape index (κ2) is 5.06. The first-order valence-electron chi connectivity index (χ1n) is 6.10. The van der Waals surface area contributed by atoms with Crippen LogP contribution in [0.3, 0.4) is 0 Å². The fourth-order valence-electron chi connectivity index (χ4n) is 1.86. The van der Waals surface area contributed by atoms with Gasteiger partial charge in [-0.15, -0.1) is 0 Å². The molecule has 1 saturated carbocycles. The summed E-state index contributed by atoms with van der Waals surface area (Å²) in [4.78, 5) is 0. The molecule has 0 saturated heterocycles. The van der Waals surface area contributed by atoms with Gasteiger partial charge in [-0.3, -0.25) is 0 Å². The summed E-state index contributed by atoms with van der Waals surface area (Å²) in [5.41, 5.74) is 0.256. The summed E-state index contributed by atoms with van der Waals surface area (Å²) in [6, 6.07) is 6.34. The van der Waals surface area contributed by atoms with Crippen LogP contribution < -0.4 is 5.32 Å². The third-order valence-corrected chi connectivity index (χ3v) is 3.69. The first kappa shape index (κ1) is 12.8. The molecular weight excluding hydrogens is 316 g/mol. The van der Waals surface area contributed by atoms with E-state index in [1.807, 2.05) is 0 Å². The topological polar surface area (TPSA) is 25.2 Å². The summed E-state index contributed by atoms with van der Waals surface area (Å²) in [5, 5.41) is 3.32. The predicted molar refractivity (Wildman–Crippen MR) is 71.6 cm³/mol. The lowest BCUT2D eigenvalue weighted by molar-refractivity contribution is 0.488. The number of hydrogen-bond acceptors (Lipinski definition) is 2. The van der Waals surface area contributed by atoms with Crippen LogP contribution in [-0.4, -0.2) is 6.04 Å². The number of halogens is 3. The van der Waals surface area contributed by atoms with Crippen molar-refractivity contribution in [3.05, 3.63) is 46.1 Å². The van der Waals surface area contributed by atoms with Crippen molar-refractivity contribution in [3.63, 3.8) is 0 Å². The van der Waals surface area contributed by atoms with Crippen LogP contribution in [0.25, 0.3) is 11.3 Å². The fraction of sp³-hybridized carbons (Fsp3) is 0.286.